The SMILES string of the molecule is C=C1Sc2c(nc(N)[nH]c2=O)N1[C@@H]1O[C@H](CC)[C@@H](C)[C@H]1OC(C)=O. The van der Waals surface area contributed by atoms with Crippen molar-refractivity contribution in [1.29, 1.82) is 0 Å². The Morgan fingerprint density at radius 2 is 2.29 bits per heavy atom. The highest BCUT2D eigenvalue weighted by Crippen LogP contribution is 2.46. The second kappa shape index (κ2) is 6.14. The molecule has 1 saturated heterocycles. The van der Waals surface area contributed by atoms with Crippen LogP contribution < -0.4 is 16.2 Å². The summed E-state index contributed by atoms with van der Waals surface area (Å²) in [6, 6.07) is 0. The molecule has 130 valence electrons. The smallest absolute Gasteiger partial charge is 0.303 e. The molecule has 8 nitrogen and oxygen atoms in total. The second-order valence-electron chi connectivity index (χ2n) is 5.88. The van der Waals surface area contributed by atoms with E-state index >= 15 is 0 Å². The first-order valence-corrected chi connectivity index (χ1v) is 8.53. The van der Waals surface area contributed by atoms with Crippen molar-refractivity contribution >= 4 is 29.5 Å². The molecule has 1 aromatic rings. The first kappa shape index (κ1) is 16.8. The van der Waals surface area contributed by atoms with Crippen LogP contribution in [0.3, 0.4) is 0 Å². The van der Waals surface area contributed by atoms with Gasteiger partial charge in [-0.2, -0.15) is 4.98 Å². The predicted octanol–water partition coefficient (Wildman–Crippen LogP) is 1.44. The zero-order chi connectivity index (χ0) is 17.6. The Labute approximate surface area is 143 Å². The molecule has 0 spiro atoms. The van der Waals surface area contributed by atoms with Gasteiger partial charge in [0.2, 0.25) is 5.95 Å². The normalized spacial score (nSPS) is 29.0. The molecule has 1 aromatic heterocycles. The third kappa shape index (κ3) is 2.67. The molecule has 0 aromatic carbocycles. The summed E-state index contributed by atoms with van der Waals surface area (Å²) in [7, 11) is 0. The molecule has 0 saturated carbocycles. The van der Waals surface area contributed by atoms with Gasteiger partial charge in [0.05, 0.1) is 11.1 Å². The molecule has 3 rings (SSSR count). The van der Waals surface area contributed by atoms with E-state index in [1.54, 1.807) is 4.90 Å². The van der Waals surface area contributed by atoms with Crippen LogP contribution in [0.1, 0.15) is 27.2 Å². The molecule has 9 heteroatoms. The molecule has 2 aliphatic rings. The van der Waals surface area contributed by atoms with Crippen molar-refractivity contribution in [2.45, 2.75) is 50.5 Å². The van der Waals surface area contributed by atoms with E-state index in [4.69, 9.17) is 15.2 Å². The average molecular weight is 352 g/mol. The molecular formula is C15H20N4O4S. The number of hydrogen-bond acceptors (Lipinski definition) is 8. The average Bonchev–Trinajstić information content (AvgIpc) is 2.97. The number of nitrogens with zero attached hydrogens (tertiary/aromatic N) is 2. The van der Waals surface area contributed by atoms with Crippen molar-refractivity contribution in [3.63, 3.8) is 0 Å². The van der Waals surface area contributed by atoms with Gasteiger partial charge in [0.15, 0.2) is 18.1 Å². The summed E-state index contributed by atoms with van der Waals surface area (Å²) < 4.78 is 11.6. The summed E-state index contributed by atoms with van der Waals surface area (Å²) in [6.07, 6.45) is -0.372. The maximum atomic E-state index is 12.1. The van der Waals surface area contributed by atoms with Gasteiger partial charge in [0.25, 0.3) is 5.56 Å². The van der Waals surface area contributed by atoms with E-state index < -0.39 is 12.3 Å². The quantitative estimate of drug-likeness (QED) is 0.786. The predicted molar refractivity (Wildman–Crippen MR) is 90.4 cm³/mol. The fourth-order valence-corrected chi connectivity index (χ4v) is 4.06. The van der Waals surface area contributed by atoms with Gasteiger partial charge in [-0.15, -0.1) is 0 Å². The molecule has 3 heterocycles. The Morgan fingerprint density at radius 1 is 1.58 bits per heavy atom. The minimum absolute atomic E-state index is 0.00472. The first-order valence-electron chi connectivity index (χ1n) is 7.72. The van der Waals surface area contributed by atoms with Crippen molar-refractivity contribution in [3.05, 3.63) is 22.0 Å². The van der Waals surface area contributed by atoms with Crippen molar-refractivity contribution in [2.24, 2.45) is 5.92 Å². The highest BCUT2D eigenvalue weighted by molar-refractivity contribution is 8.03. The van der Waals surface area contributed by atoms with Crippen LogP contribution >= 0.6 is 11.8 Å². The van der Waals surface area contributed by atoms with Gasteiger partial charge < -0.3 is 15.2 Å². The maximum absolute atomic E-state index is 12.1. The molecule has 3 N–H and O–H groups in total. The van der Waals surface area contributed by atoms with E-state index in [0.29, 0.717) is 15.7 Å². The van der Waals surface area contributed by atoms with Crippen molar-refractivity contribution in [2.75, 3.05) is 10.6 Å². The summed E-state index contributed by atoms with van der Waals surface area (Å²) in [5.74, 6) is 0.0249. The number of aromatic nitrogens is 2. The largest absolute Gasteiger partial charge is 0.457 e. The molecule has 1 fully saturated rings. The van der Waals surface area contributed by atoms with Crippen LogP contribution in [0.25, 0.3) is 0 Å². The number of esters is 1. The highest BCUT2D eigenvalue weighted by Gasteiger charge is 2.49. The third-order valence-corrected chi connectivity index (χ3v) is 5.26. The molecule has 0 aliphatic carbocycles. The monoisotopic (exact) mass is 352 g/mol. The van der Waals surface area contributed by atoms with Crippen LogP contribution in [0.4, 0.5) is 11.8 Å². The fraction of sp³-hybridized carbons (Fsp3) is 0.533. The lowest BCUT2D eigenvalue weighted by molar-refractivity contribution is -0.150. The van der Waals surface area contributed by atoms with Crippen LogP contribution in [0.15, 0.2) is 21.3 Å². The van der Waals surface area contributed by atoms with Gasteiger partial charge >= 0.3 is 5.97 Å². The number of nitrogens with two attached hydrogens (primary N) is 1. The van der Waals surface area contributed by atoms with Gasteiger partial charge in [-0.3, -0.25) is 19.5 Å². The van der Waals surface area contributed by atoms with Gasteiger partial charge in [0, 0.05) is 12.8 Å². The number of fused-ring (bicyclic) bond motifs is 1. The van der Waals surface area contributed by atoms with E-state index in [1.807, 2.05) is 13.8 Å². The highest BCUT2D eigenvalue weighted by atomic mass is 32.2. The molecule has 4 atom stereocenters. The number of anilines is 2. The van der Waals surface area contributed by atoms with E-state index in [-0.39, 0.29) is 29.5 Å². The van der Waals surface area contributed by atoms with Crippen LogP contribution in [-0.2, 0) is 14.3 Å². The summed E-state index contributed by atoms with van der Waals surface area (Å²) in [4.78, 5) is 32.4. The topological polar surface area (TPSA) is 111 Å². The maximum Gasteiger partial charge on any atom is 0.303 e. The number of H-pyrrole nitrogens is 1. The minimum atomic E-state index is -0.594. The zero-order valence-corrected chi connectivity index (χ0v) is 14.6. The molecule has 0 radical (unpaired) electrons. The number of rotatable bonds is 3. The Balaban J connectivity index is 2.03. The number of nitrogen functional groups attached to an aromatic ring is 1. The standard InChI is InChI=1S/C15H20N4O4S/c1-5-9-6(2)10(22-8(4)20)14(23-9)19-7(3)24-11-12(19)17-15(16)18-13(11)21/h6,9-10,14H,3,5H2,1-2,4H3,(H3,16,17,18,21)/t6-,9-,10-,14-/m1/s1. The lowest BCUT2D eigenvalue weighted by atomic mass is 9.98. The van der Waals surface area contributed by atoms with Crippen molar-refractivity contribution in [1.82, 2.24) is 9.97 Å². The van der Waals surface area contributed by atoms with Crippen LogP contribution in [0, 0.1) is 5.92 Å². The number of nitrogens with one attached hydrogen (secondary N) is 1. The third-order valence-electron chi connectivity index (χ3n) is 4.25. The van der Waals surface area contributed by atoms with Crippen LogP contribution in [0.2, 0.25) is 0 Å². The number of carbonyl (C=O) groups is 1. The molecule has 2 aliphatic heterocycles. The van der Waals surface area contributed by atoms with E-state index in [2.05, 4.69) is 16.5 Å². The molecule has 0 unspecified atom stereocenters. The van der Waals surface area contributed by atoms with Gasteiger partial charge in [-0.25, -0.2) is 0 Å². The summed E-state index contributed by atoms with van der Waals surface area (Å²) >= 11 is 1.20. The summed E-state index contributed by atoms with van der Waals surface area (Å²) in [6.45, 7) is 9.35. The number of thioether (sulfide) groups is 1. The van der Waals surface area contributed by atoms with Gasteiger partial charge in [0.1, 0.15) is 4.90 Å². The van der Waals surface area contributed by atoms with Crippen LogP contribution in [0.5, 0.6) is 0 Å². The zero-order valence-electron chi connectivity index (χ0n) is 13.7. The molecule has 0 amide bonds. The van der Waals surface area contributed by atoms with E-state index in [9.17, 15) is 9.59 Å². The van der Waals surface area contributed by atoms with Crippen molar-refractivity contribution < 1.29 is 14.3 Å². The Hall–Kier alpha value is -2.00. The fourth-order valence-electron chi connectivity index (χ4n) is 3.15. The summed E-state index contributed by atoms with van der Waals surface area (Å²) in [5.41, 5.74) is 5.35. The number of hydrogen-bond donors (Lipinski definition) is 2. The number of carbonyl (C=O) groups excluding carboxylic acids is 1. The lowest BCUT2D eigenvalue weighted by Crippen LogP contribution is -2.43. The molecule has 24 heavy (non-hydrogen) atoms. The minimum Gasteiger partial charge on any atom is -0.457 e. The van der Waals surface area contributed by atoms with E-state index in [1.165, 1.54) is 18.7 Å². The lowest BCUT2D eigenvalue weighted by Gasteiger charge is -2.30. The number of aromatic amines is 1. The second-order valence-corrected chi connectivity index (χ2v) is 6.96. The summed E-state index contributed by atoms with van der Waals surface area (Å²) in [5, 5.41) is 0.583. The number of ether oxygens (including phenoxy) is 2. The van der Waals surface area contributed by atoms with Crippen LogP contribution in [-0.4, -0.2) is 34.4 Å². The Kier molecular flexibility index (Phi) is 4.31. The van der Waals surface area contributed by atoms with Gasteiger partial charge in [-0.05, 0) is 6.42 Å². The Bertz CT molecular complexity index is 749. The Morgan fingerprint density at radius 3 is 2.92 bits per heavy atom. The molecule has 0 bridgehead atoms. The van der Waals surface area contributed by atoms with E-state index in [0.717, 1.165) is 6.42 Å². The molecular weight excluding hydrogens is 332 g/mol. The van der Waals surface area contributed by atoms with Gasteiger partial charge in [-0.1, -0.05) is 32.2 Å². The van der Waals surface area contributed by atoms with Crippen molar-refractivity contribution in [3.8, 4) is 0 Å². The first-order chi connectivity index (χ1) is 11.3.